The van der Waals surface area contributed by atoms with Gasteiger partial charge in [0.1, 0.15) is 5.57 Å². The zero-order valence-corrected chi connectivity index (χ0v) is 15.1. The van der Waals surface area contributed by atoms with Gasteiger partial charge in [0.25, 0.3) is 0 Å². The molecule has 22 heavy (non-hydrogen) atoms. The van der Waals surface area contributed by atoms with Crippen LogP contribution in [-0.4, -0.2) is 22.2 Å². The lowest BCUT2D eigenvalue weighted by Gasteiger charge is -2.43. The number of allylic oxidation sites excluding steroid dienone is 1. The molecule has 0 saturated carbocycles. The average molecular weight is 312 g/mol. The molecule has 0 rings (SSSR count). The standard InChI is InChI=1S/C18H32O4/c1-8-10-12(11-9-2)18(6,7)14(17(3,4)5)13(15(19)20)16(21)22/h12H,8-11H2,1-7H3,(H,19,20)(H,21,22). The van der Waals surface area contributed by atoms with Crippen molar-refractivity contribution in [3.05, 3.63) is 11.1 Å². The first-order valence-electron chi connectivity index (χ1n) is 8.12. The Balaban J connectivity index is 6.36. The second-order valence-corrected chi connectivity index (χ2v) is 7.61. The fourth-order valence-corrected chi connectivity index (χ4v) is 3.74. The summed E-state index contributed by atoms with van der Waals surface area (Å²) >= 11 is 0. The first-order valence-corrected chi connectivity index (χ1v) is 8.12. The van der Waals surface area contributed by atoms with Crippen molar-refractivity contribution in [1.29, 1.82) is 0 Å². The predicted molar refractivity (Wildman–Crippen MR) is 88.8 cm³/mol. The van der Waals surface area contributed by atoms with Gasteiger partial charge in [0.2, 0.25) is 0 Å². The minimum absolute atomic E-state index is 0.269. The molecular weight excluding hydrogens is 280 g/mol. The zero-order valence-electron chi connectivity index (χ0n) is 15.1. The van der Waals surface area contributed by atoms with E-state index in [0.29, 0.717) is 5.57 Å². The Morgan fingerprint density at radius 1 is 0.864 bits per heavy atom. The molecule has 0 aromatic rings. The number of hydrogen-bond donors (Lipinski definition) is 2. The summed E-state index contributed by atoms with van der Waals surface area (Å²) in [6.45, 7) is 13.9. The molecule has 0 radical (unpaired) electrons. The third-order valence-corrected chi connectivity index (χ3v) is 4.37. The molecule has 4 heteroatoms. The summed E-state index contributed by atoms with van der Waals surface area (Å²) < 4.78 is 0. The second-order valence-electron chi connectivity index (χ2n) is 7.61. The van der Waals surface area contributed by atoms with E-state index in [2.05, 4.69) is 13.8 Å². The van der Waals surface area contributed by atoms with Gasteiger partial charge < -0.3 is 10.2 Å². The highest BCUT2D eigenvalue weighted by molar-refractivity contribution is 6.13. The lowest BCUT2D eigenvalue weighted by molar-refractivity contribution is -0.140. The zero-order chi connectivity index (χ0) is 17.7. The van der Waals surface area contributed by atoms with Crippen LogP contribution in [0.5, 0.6) is 0 Å². The summed E-state index contributed by atoms with van der Waals surface area (Å²) in [6, 6.07) is 0. The van der Waals surface area contributed by atoms with Gasteiger partial charge in [-0.2, -0.15) is 0 Å². The van der Waals surface area contributed by atoms with Gasteiger partial charge in [0, 0.05) is 0 Å². The smallest absolute Gasteiger partial charge is 0.343 e. The van der Waals surface area contributed by atoms with Crippen LogP contribution < -0.4 is 0 Å². The fourth-order valence-electron chi connectivity index (χ4n) is 3.74. The summed E-state index contributed by atoms with van der Waals surface area (Å²) in [7, 11) is 0. The second kappa shape index (κ2) is 7.80. The number of hydrogen-bond acceptors (Lipinski definition) is 2. The lowest BCUT2D eigenvalue weighted by Crippen LogP contribution is -2.36. The minimum Gasteiger partial charge on any atom is -0.477 e. The first kappa shape index (κ1) is 20.7. The number of carboxylic acids is 2. The molecule has 0 amide bonds. The highest BCUT2D eigenvalue weighted by atomic mass is 16.4. The molecule has 0 unspecified atom stereocenters. The topological polar surface area (TPSA) is 74.6 Å². The molecule has 0 aromatic heterocycles. The molecule has 0 aliphatic carbocycles. The van der Waals surface area contributed by atoms with Gasteiger partial charge >= 0.3 is 11.9 Å². The summed E-state index contributed by atoms with van der Waals surface area (Å²) in [5, 5.41) is 18.9. The highest BCUT2D eigenvalue weighted by Crippen LogP contribution is 2.49. The largest absolute Gasteiger partial charge is 0.477 e. The quantitative estimate of drug-likeness (QED) is 0.385. The summed E-state index contributed by atoms with van der Waals surface area (Å²) in [5.41, 5.74) is -0.923. The van der Waals surface area contributed by atoms with Gasteiger partial charge in [-0.05, 0) is 35.2 Å². The van der Waals surface area contributed by atoms with E-state index in [1.807, 2.05) is 34.6 Å². The minimum atomic E-state index is -1.35. The van der Waals surface area contributed by atoms with Crippen LogP contribution in [0.1, 0.15) is 74.1 Å². The summed E-state index contributed by atoms with van der Waals surface area (Å²) in [6.07, 6.45) is 3.93. The Bertz CT molecular complexity index is 416. The molecule has 0 fully saturated rings. The van der Waals surface area contributed by atoms with Crippen LogP contribution >= 0.6 is 0 Å². The van der Waals surface area contributed by atoms with E-state index in [0.717, 1.165) is 25.7 Å². The number of carbonyl (C=O) groups is 2. The SMILES string of the molecule is CCCC(CCC)C(C)(C)C(=C(C(=O)O)C(=O)O)C(C)(C)C. The summed E-state index contributed by atoms with van der Waals surface area (Å²) in [5.74, 6) is -2.43. The Labute approximate surface area is 134 Å². The Morgan fingerprint density at radius 3 is 1.45 bits per heavy atom. The van der Waals surface area contributed by atoms with Gasteiger partial charge in [0.05, 0.1) is 0 Å². The maximum atomic E-state index is 11.6. The van der Waals surface area contributed by atoms with Crippen molar-refractivity contribution in [2.24, 2.45) is 16.7 Å². The molecule has 0 aromatic carbocycles. The van der Waals surface area contributed by atoms with Crippen molar-refractivity contribution in [1.82, 2.24) is 0 Å². The fraction of sp³-hybridized carbons (Fsp3) is 0.778. The lowest BCUT2D eigenvalue weighted by atomic mass is 9.61. The number of rotatable bonds is 8. The molecule has 0 heterocycles. The Morgan fingerprint density at radius 2 is 1.23 bits per heavy atom. The maximum absolute atomic E-state index is 11.6. The van der Waals surface area contributed by atoms with Crippen molar-refractivity contribution < 1.29 is 19.8 Å². The number of carboxylic acid groups (broad SMARTS) is 2. The van der Waals surface area contributed by atoms with Crippen molar-refractivity contribution in [3.63, 3.8) is 0 Å². The van der Waals surface area contributed by atoms with Crippen LogP contribution in [0, 0.1) is 16.7 Å². The van der Waals surface area contributed by atoms with E-state index < -0.39 is 28.3 Å². The molecular formula is C18H32O4. The molecule has 2 N–H and O–H groups in total. The van der Waals surface area contributed by atoms with Gasteiger partial charge in [-0.15, -0.1) is 0 Å². The van der Waals surface area contributed by atoms with E-state index in [1.54, 1.807) is 0 Å². The van der Waals surface area contributed by atoms with Crippen LogP contribution in [0.25, 0.3) is 0 Å². The predicted octanol–water partition coefficient (Wildman–Crippen LogP) is 4.74. The van der Waals surface area contributed by atoms with Crippen molar-refractivity contribution >= 4 is 11.9 Å². The van der Waals surface area contributed by atoms with Crippen LogP contribution in [0.3, 0.4) is 0 Å². The Hall–Kier alpha value is -1.32. The van der Waals surface area contributed by atoms with Gasteiger partial charge in [-0.25, -0.2) is 9.59 Å². The third kappa shape index (κ3) is 4.85. The van der Waals surface area contributed by atoms with Crippen LogP contribution in [0.2, 0.25) is 0 Å². The molecule has 0 aliphatic heterocycles. The normalized spacial score (nSPS) is 12.4. The Kier molecular flexibility index (Phi) is 7.33. The monoisotopic (exact) mass is 312 g/mol. The van der Waals surface area contributed by atoms with Gasteiger partial charge in [-0.1, -0.05) is 61.3 Å². The van der Waals surface area contributed by atoms with Crippen molar-refractivity contribution in [3.8, 4) is 0 Å². The molecule has 0 atom stereocenters. The molecule has 0 saturated heterocycles. The summed E-state index contributed by atoms with van der Waals surface area (Å²) in [4.78, 5) is 23.2. The van der Waals surface area contributed by atoms with E-state index in [1.165, 1.54) is 0 Å². The molecule has 0 aliphatic rings. The number of aliphatic carboxylic acids is 2. The first-order chi connectivity index (χ1) is 9.91. The third-order valence-electron chi connectivity index (χ3n) is 4.37. The molecule has 128 valence electrons. The molecule has 0 spiro atoms. The highest BCUT2D eigenvalue weighted by Gasteiger charge is 2.42. The van der Waals surface area contributed by atoms with Gasteiger partial charge in [0.15, 0.2) is 0 Å². The van der Waals surface area contributed by atoms with E-state index >= 15 is 0 Å². The van der Waals surface area contributed by atoms with Crippen LogP contribution in [0.4, 0.5) is 0 Å². The average Bonchev–Trinajstić information content (AvgIpc) is 2.32. The van der Waals surface area contributed by atoms with Crippen molar-refractivity contribution in [2.45, 2.75) is 74.1 Å². The van der Waals surface area contributed by atoms with E-state index in [9.17, 15) is 19.8 Å². The molecule has 0 bridgehead atoms. The van der Waals surface area contributed by atoms with Crippen molar-refractivity contribution in [2.75, 3.05) is 0 Å². The van der Waals surface area contributed by atoms with Gasteiger partial charge in [-0.3, -0.25) is 0 Å². The van der Waals surface area contributed by atoms with E-state index in [-0.39, 0.29) is 5.92 Å². The maximum Gasteiger partial charge on any atom is 0.343 e. The van der Waals surface area contributed by atoms with Crippen LogP contribution in [-0.2, 0) is 9.59 Å². The molecule has 4 nitrogen and oxygen atoms in total. The van der Waals surface area contributed by atoms with E-state index in [4.69, 9.17) is 0 Å². The van der Waals surface area contributed by atoms with Crippen LogP contribution in [0.15, 0.2) is 11.1 Å².